The molecule has 0 aromatic carbocycles. The molecule has 13 fully saturated rings. The summed E-state index contributed by atoms with van der Waals surface area (Å²) in [5, 5.41) is 0. The van der Waals surface area contributed by atoms with Gasteiger partial charge in [-0.15, -0.1) is 0 Å². The molecule has 7 atom stereocenters. The van der Waals surface area contributed by atoms with Gasteiger partial charge in [0.1, 0.15) is 0 Å². The van der Waals surface area contributed by atoms with E-state index in [4.69, 9.17) is 0 Å². The van der Waals surface area contributed by atoms with Crippen LogP contribution in [0.25, 0.3) is 0 Å². The maximum absolute atomic E-state index is 2.40. The topological polar surface area (TPSA) is 0 Å². The van der Waals surface area contributed by atoms with Crippen LogP contribution in [0.4, 0.5) is 0 Å². The van der Waals surface area contributed by atoms with E-state index in [2.05, 4.69) is 96.9 Å². The van der Waals surface area contributed by atoms with Gasteiger partial charge in [0.05, 0.1) is 0 Å². The zero-order chi connectivity index (χ0) is 45.0. The zero-order valence-corrected chi connectivity index (χ0v) is 45.0. The highest BCUT2D eigenvalue weighted by Gasteiger charge is 2.45. The molecule has 0 saturated heterocycles. The second-order valence-corrected chi connectivity index (χ2v) is 30.9. The van der Waals surface area contributed by atoms with E-state index in [1.807, 2.05) is 0 Å². The van der Waals surface area contributed by atoms with Gasteiger partial charge >= 0.3 is 0 Å². The molecule has 10 bridgehead atoms. The first-order chi connectivity index (χ1) is 28.9. The smallest absolute Gasteiger partial charge is 0.0352 e. The average Bonchev–Trinajstić information content (AvgIpc) is 3.58. The van der Waals surface area contributed by atoms with Gasteiger partial charge in [0.2, 0.25) is 0 Å². The molecule has 362 valence electrons. The largest absolute Gasteiger partial charge is 0.0628 e. The molecule has 0 nitrogen and oxygen atoms in total. The number of rotatable bonds is 6. The highest BCUT2D eigenvalue weighted by Crippen LogP contribution is 2.55. The van der Waals surface area contributed by atoms with Crippen molar-refractivity contribution in [1.82, 2.24) is 0 Å². The van der Waals surface area contributed by atoms with Gasteiger partial charge < -0.3 is 0 Å². The van der Waals surface area contributed by atoms with Crippen LogP contribution in [0.2, 0.25) is 0 Å². The van der Waals surface area contributed by atoms with Crippen LogP contribution in [-0.4, -0.2) is 0 Å². The Morgan fingerprint density at radius 3 is 1.05 bits per heavy atom. The van der Waals surface area contributed by atoms with Crippen molar-refractivity contribution < 1.29 is 0 Å². The lowest BCUT2D eigenvalue weighted by Crippen LogP contribution is -2.42. The first-order valence-electron chi connectivity index (χ1n) is 28.9. The number of hydrogen-bond donors (Lipinski definition) is 0. The van der Waals surface area contributed by atoms with Gasteiger partial charge in [-0.05, 0) is 232 Å². The second-order valence-electron chi connectivity index (χ2n) is 30.9. The van der Waals surface area contributed by atoms with Crippen molar-refractivity contribution in [3.63, 3.8) is 0 Å². The third kappa shape index (κ3) is 16.7. The summed E-state index contributed by atoms with van der Waals surface area (Å²) >= 11 is 0. The summed E-state index contributed by atoms with van der Waals surface area (Å²) in [4.78, 5) is 0. The molecule has 0 aliphatic heterocycles. The molecule has 0 N–H and O–H groups in total. The van der Waals surface area contributed by atoms with E-state index >= 15 is 0 Å². The third-order valence-corrected chi connectivity index (χ3v) is 19.4. The average molecular weight is 860 g/mol. The van der Waals surface area contributed by atoms with Crippen molar-refractivity contribution in [2.75, 3.05) is 0 Å². The van der Waals surface area contributed by atoms with Crippen LogP contribution in [0.3, 0.4) is 0 Å². The maximum Gasteiger partial charge on any atom is -0.0352 e. The number of fused-ring (bicyclic) bond motifs is 11. The van der Waals surface area contributed by atoms with Gasteiger partial charge in [-0.1, -0.05) is 161 Å². The Balaban J connectivity index is 0.000000129. The SMILES string of the molecule is CC(C)(C)CC1C2CCCC1C2.CC(C)(C)CC1C2CCCC1CC2.CC(C)(C)CC1CC2CC(C2)C1.CC(C)(C)CC1CC2CCC(C2)C1.CC(C)CC1CC2CCC1CC2. The molecular formula is C62H114. The lowest BCUT2D eigenvalue weighted by Gasteiger charge is -2.51. The van der Waals surface area contributed by atoms with Crippen molar-refractivity contribution >= 4 is 0 Å². The van der Waals surface area contributed by atoms with Gasteiger partial charge in [0.25, 0.3) is 0 Å². The van der Waals surface area contributed by atoms with Crippen molar-refractivity contribution in [2.45, 2.75) is 277 Å². The molecule has 13 rings (SSSR count). The molecular weight excluding hydrogens is 745 g/mol. The van der Waals surface area contributed by atoms with Crippen molar-refractivity contribution in [3.05, 3.63) is 0 Å². The minimum atomic E-state index is 0.557. The van der Waals surface area contributed by atoms with Crippen LogP contribution in [0.1, 0.15) is 277 Å². The van der Waals surface area contributed by atoms with Crippen LogP contribution in [-0.2, 0) is 0 Å². The van der Waals surface area contributed by atoms with E-state index in [0.29, 0.717) is 21.7 Å². The fourth-order valence-electron chi connectivity index (χ4n) is 17.3. The normalized spacial score (nSPS) is 40.2. The van der Waals surface area contributed by atoms with Gasteiger partial charge in [0.15, 0.2) is 0 Å². The predicted octanol–water partition coefficient (Wildman–Crippen LogP) is 20.1. The molecule has 0 heterocycles. The monoisotopic (exact) mass is 859 g/mol. The van der Waals surface area contributed by atoms with Crippen LogP contribution in [0.15, 0.2) is 0 Å². The lowest BCUT2D eigenvalue weighted by molar-refractivity contribution is -0.0126. The summed E-state index contributed by atoms with van der Waals surface area (Å²) in [5.41, 5.74) is 2.25. The van der Waals surface area contributed by atoms with Gasteiger partial charge in [-0.25, -0.2) is 0 Å². The Hall–Kier alpha value is 0. The fraction of sp³-hybridized carbons (Fsp3) is 1.00. The second kappa shape index (κ2) is 22.0. The Morgan fingerprint density at radius 2 is 0.677 bits per heavy atom. The molecule has 0 amide bonds. The van der Waals surface area contributed by atoms with Crippen LogP contribution in [0, 0.1) is 116 Å². The van der Waals surface area contributed by atoms with Crippen LogP contribution >= 0.6 is 0 Å². The first-order valence-corrected chi connectivity index (χ1v) is 28.9. The molecule has 13 aliphatic rings. The molecule has 13 saturated carbocycles. The molecule has 0 spiro atoms. The van der Waals surface area contributed by atoms with E-state index in [1.165, 1.54) is 70.6 Å². The Bertz CT molecular complexity index is 1220. The molecule has 0 aromatic rings. The lowest BCUT2D eigenvalue weighted by atomic mass is 9.54. The molecule has 0 heteroatoms. The van der Waals surface area contributed by atoms with Crippen molar-refractivity contribution in [2.24, 2.45) is 116 Å². The zero-order valence-electron chi connectivity index (χ0n) is 45.0. The molecule has 62 heavy (non-hydrogen) atoms. The van der Waals surface area contributed by atoms with Gasteiger partial charge in [-0.2, -0.15) is 0 Å². The third-order valence-electron chi connectivity index (χ3n) is 19.4. The van der Waals surface area contributed by atoms with Crippen LogP contribution in [0.5, 0.6) is 0 Å². The van der Waals surface area contributed by atoms with Crippen molar-refractivity contribution in [3.8, 4) is 0 Å². The predicted molar refractivity (Wildman–Crippen MR) is 274 cm³/mol. The Kier molecular flexibility index (Phi) is 18.2. The van der Waals surface area contributed by atoms with E-state index in [9.17, 15) is 0 Å². The summed E-state index contributed by atoms with van der Waals surface area (Å²) < 4.78 is 0. The summed E-state index contributed by atoms with van der Waals surface area (Å²) in [6.07, 6.45) is 43.0. The van der Waals surface area contributed by atoms with E-state index < -0.39 is 0 Å². The summed E-state index contributed by atoms with van der Waals surface area (Å²) in [6, 6.07) is 0. The fourth-order valence-corrected chi connectivity index (χ4v) is 17.3. The van der Waals surface area contributed by atoms with Crippen molar-refractivity contribution in [1.29, 1.82) is 0 Å². The minimum absolute atomic E-state index is 0.557. The summed E-state index contributed by atoms with van der Waals surface area (Å²) in [7, 11) is 0. The highest BCUT2D eigenvalue weighted by molar-refractivity contribution is 4.95. The summed E-state index contributed by atoms with van der Waals surface area (Å²) in [5.74, 6) is 17.6. The van der Waals surface area contributed by atoms with E-state index in [1.54, 1.807) is 109 Å². The highest BCUT2D eigenvalue weighted by atomic mass is 14.5. The summed E-state index contributed by atoms with van der Waals surface area (Å²) in [6.45, 7) is 33.5. The standard InChI is InChI=1S/2C13H24.3C12H22/c1-13(2,3)9-12-7-10-4-5-11(6-10)8-12;1-13(2,3)9-12-10-5-4-6-11(12)8-7-10;1-12(2,3)8-11-6-9-4-10(5-9)7-11;1-12(2,3)8-11-9-5-4-6-10(11)7-9;1-9(2)7-12-8-10-3-5-11(12)6-4-10/h2*10-12H,4-9H2,1-3H3;2*9-11H,4-8H2,1-3H3;9-12H,3-8H2,1-2H3. The van der Waals surface area contributed by atoms with Crippen LogP contribution < -0.4 is 0 Å². The quantitative estimate of drug-likeness (QED) is 0.250. The molecule has 0 radical (unpaired) electrons. The van der Waals surface area contributed by atoms with E-state index in [0.717, 1.165) is 94.7 Å². The maximum atomic E-state index is 2.40. The van der Waals surface area contributed by atoms with Gasteiger partial charge in [0, 0.05) is 0 Å². The van der Waals surface area contributed by atoms with E-state index in [-0.39, 0.29) is 0 Å². The molecule has 7 unspecified atom stereocenters. The minimum Gasteiger partial charge on any atom is -0.0628 e. The van der Waals surface area contributed by atoms with Gasteiger partial charge in [-0.3, -0.25) is 0 Å². The first kappa shape index (κ1) is 51.4. The molecule has 0 aromatic heterocycles. The Labute approximate surface area is 391 Å². The number of hydrogen-bond acceptors (Lipinski definition) is 0. The Morgan fingerprint density at radius 1 is 0.323 bits per heavy atom. The molecule has 13 aliphatic carbocycles.